The van der Waals surface area contributed by atoms with Gasteiger partial charge in [-0.05, 0) is 26.0 Å². The fourth-order valence-corrected chi connectivity index (χ4v) is 1.90. The van der Waals surface area contributed by atoms with Crippen molar-refractivity contribution in [3.05, 3.63) is 17.7 Å². The van der Waals surface area contributed by atoms with Gasteiger partial charge in [-0.2, -0.15) is 0 Å². The van der Waals surface area contributed by atoms with Gasteiger partial charge in [0.1, 0.15) is 0 Å². The quantitative estimate of drug-likeness (QED) is 0.705. The highest BCUT2D eigenvalue weighted by Crippen LogP contribution is 2.38. The summed E-state index contributed by atoms with van der Waals surface area (Å²) in [6, 6.07) is 2.14. The second-order valence-corrected chi connectivity index (χ2v) is 4.81. The van der Waals surface area contributed by atoms with Gasteiger partial charge >= 0.3 is 12.0 Å². The van der Waals surface area contributed by atoms with Crippen LogP contribution in [0.2, 0.25) is 0 Å². The van der Waals surface area contributed by atoms with Gasteiger partial charge in [0.15, 0.2) is 17.6 Å². The van der Waals surface area contributed by atoms with Crippen molar-refractivity contribution in [1.29, 1.82) is 0 Å². The average Bonchev–Trinajstić information content (AvgIpc) is 2.60. The lowest BCUT2D eigenvalue weighted by Crippen LogP contribution is -2.44. The molecule has 9 heteroatoms. The first-order valence-electron chi connectivity index (χ1n) is 7.47. The summed E-state index contributed by atoms with van der Waals surface area (Å²) < 4.78 is 20.5. The zero-order valence-corrected chi connectivity index (χ0v) is 14.8. The maximum atomic E-state index is 12.3. The van der Waals surface area contributed by atoms with Crippen molar-refractivity contribution in [2.75, 3.05) is 27.9 Å². The summed E-state index contributed by atoms with van der Waals surface area (Å²) in [5.41, 5.74) is 0.104. The lowest BCUT2D eigenvalue weighted by atomic mass is 10.2. The number of urea groups is 1. The van der Waals surface area contributed by atoms with Crippen LogP contribution in [0.1, 0.15) is 24.2 Å². The van der Waals surface area contributed by atoms with E-state index in [-0.39, 0.29) is 17.1 Å². The zero-order valence-electron chi connectivity index (χ0n) is 14.8. The molecule has 1 aromatic carbocycles. The maximum absolute atomic E-state index is 12.3. The molecular weight excluding hydrogens is 332 g/mol. The Labute approximate surface area is 145 Å². The number of benzene rings is 1. The molecule has 0 spiro atoms. The number of nitrogens with one attached hydrogen (secondary N) is 2. The molecule has 1 aromatic rings. The van der Waals surface area contributed by atoms with Crippen LogP contribution < -0.4 is 24.8 Å². The lowest BCUT2D eigenvalue weighted by Gasteiger charge is -2.16. The highest BCUT2D eigenvalue weighted by Gasteiger charge is 2.23. The van der Waals surface area contributed by atoms with Crippen molar-refractivity contribution in [3.8, 4) is 17.2 Å². The predicted octanol–water partition coefficient (Wildman–Crippen LogP) is 1.10. The Morgan fingerprint density at radius 3 is 2.04 bits per heavy atom. The monoisotopic (exact) mass is 354 g/mol. The maximum Gasteiger partial charge on any atom is 0.339 e. The Morgan fingerprint density at radius 2 is 1.60 bits per heavy atom. The Balaban J connectivity index is 2.89. The highest BCUT2D eigenvalue weighted by atomic mass is 16.5. The molecule has 0 saturated heterocycles. The van der Waals surface area contributed by atoms with Gasteiger partial charge in [0, 0.05) is 6.54 Å². The first-order chi connectivity index (χ1) is 11.9. The zero-order chi connectivity index (χ0) is 19.0. The minimum Gasteiger partial charge on any atom is -0.493 e. The minimum absolute atomic E-state index is 0.104. The Morgan fingerprint density at radius 1 is 1.04 bits per heavy atom. The molecule has 0 aliphatic carbocycles. The summed E-state index contributed by atoms with van der Waals surface area (Å²) >= 11 is 0. The number of hydrogen-bond donors (Lipinski definition) is 2. The van der Waals surface area contributed by atoms with E-state index >= 15 is 0 Å². The molecule has 0 aliphatic heterocycles. The van der Waals surface area contributed by atoms with E-state index < -0.39 is 24.0 Å². The van der Waals surface area contributed by atoms with Crippen LogP contribution in [-0.4, -0.2) is 51.9 Å². The molecule has 0 aliphatic rings. The molecule has 0 fully saturated rings. The molecule has 0 saturated carbocycles. The van der Waals surface area contributed by atoms with E-state index in [1.165, 1.54) is 40.4 Å². The number of carbonyl (C=O) groups excluding carboxylic acids is 3. The summed E-state index contributed by atoms with van der Waals surface area (Å²) in [5, 5.41) is 4.47. The van der Waals surface area contributed by atoms with Gasteiger partial charge in [-0.3, -0.25) is 10.1 Å². The summed E-state index contributed by atoms with van der Waals surface area (Å²) in [7, 11) is 4.26. The number of esters is 1. The van der Waals surface area contributed by atoms with Gasteiger partial charge in [0.05, 0.1) is 26.9 Å². The van der Waals surface area contributed by atoms with Gasteiger partial charge in [-0.25, -0.2) is 9.59 Å². The van der Waals surface area contributed by atoms with E-state index in [1.54, 1.807) is 6.92 Å². The van der Waals surface area contributed by atoms with Crippen molar-refractivity contribution < 1.29 is 33.3 Å². The largest absolute Gasteiger partial charge is 0.493 e. The fourth-order valence-electron chi connectivity index (χ4n) is 1.90. The van der Waals surface area contributed by atoms with Crippen LogP contribution >= 0.6 is 0 Å². The van der Waals surface area contributed by atoms with E-state index in [9.17, 15) is 14.4 Å². The summed E-state index contributed by atoms with van der Waals surface area (Å²) in [6.07, 6.45) is -1.17. The Kier molecular flexibility index (Phi) is 7.51. The molecule has 0 bridgehead atoms. The number of ether oxygens (including phenoxy) is 4. The van der Waals surface area contributed by atoms with Crippen LogP contribution in [0.15, 0.2) is 12.1 Å². The molecule has 0 heterocycles. The van der Waals surface area contributed by atoms with E-state index in [1.807, 2.05) is 0 Å². The first-order valence-corrected chi connectivity index (χ1v) is 7.47. The first kappa shape index (κ1) is 20.1. The summed E-state index contributed by atoms with van der Waals surface area (Å²) in [5.74, 6) is -0.658. The molecule has 0 radical (unpaired) electrons. The van der Waals surface area contributed by atoms with Crippen molar-refractivity contribution in [3.63, 3.8) is 0 Å². The van der Waals surface area contributed by atoms with E-state index in [4.69, 9.17) is 18.9 Å². The highest BCUT2D eigenvalue weighted by molar-refractivity contribution is 5.98. The van der Waals surface area contributed by atoms with Crippen molar-refractivity contribution in [2.24, 2.45) is 0 Å². The van der Waals surface area contributed by atoms with E-state index in [0.717, 1.165) is 0 Å². The average molecular weight is 354 g/mol. The molecule has 25 heavy (non-hydrogen) atoms. The number of methoxy groups -OCH3 is 3. The number of amides is 3. The second-order valence-electron chi connectivity index (χ2n) is 4.81. The van der Waals surface area contributed by atoms with Crippen LogP contribution in [-0.2, 0) is 9.53 Å². The normalized spacial score (nSPS) is 11.1. The number of imide groups is 1. The van der Waals surface area contributed by atoms with Crippen LogP contribution in [0.4, 0.5) is 4.79 Å². The molecular formula is C16H22N2O7. The number of hydrogen-bond acceptors (Lipinski definition) is 7. The van der Waals surface area contributed by atoms with Crippen molar-refractivity contribution >= 4 is 17.9 Å². The molecule has 0 aromatic heterocycles. The SMILES string of the molecule is CCNC(=O)NC(=O)C(C)OC(=O)c1cc(OC)c(OC)c(OC)c1. The van der Waals surface area contributed by atoms with E-state index in [2.05, 4.69) is 10.6 Å². The van der Waals surface area contributed by atoms with Crippen LogP contribution in [0.3, 0.4) is 0 Å². The topological polar surface area (TPSA) is 112 Å². The van der Waals surface area contributed by atoms with Crippen LogP contribution in [0.25, 0.3) is 0 Å². The van der Waals surface area contributed by atoms with Gasteiger partial charge in [-0.1, -0.05) is 0 Å². The summed E-state index contributed by atoms with van der Waals surface area (Å²) in [6.45, 7) is 3.42. The molecule has 1 unspecified atom stereocenters. The predicted molar refractivity (Wildman–Crippen MR) is 88.2 cm³/mol. The van der Waals surface area contributed by atoms with E-state index in [0.29, 0.717) is 12.3 Å². The molecule has 2 N–H and O–H groups in total. The third-order valence-corrected chi connectivity index (χ3v) is 3.13. The molecule has 3 amide bonds. The molecule has 1 rings (SSSR count). The van der Waals surface area contributed by atoms with Gasteiger partial charge in [0.2, 0.25) is 5.75 Å². The molecule has 138 valence electrons. The van der Waals surface area contributed by atoms with Crippen LogP contribution in [0.5, 0.6) is 17.2 Å². The van der Waals surface area contributed by atoms with Gasteiger partial charge in [-0.15, -0.1) is 0 Å². The Hall–Kier alpha value is -2.97. The van der Waals surface area contributed by atoms with Gasteiger partial charge in [0.25, 0.3) is 5.91 Å². The smallest absolute Gasteiger partial charge is 0.339 e. The summed E-state index contributed by atoms with van der Waals surface area (Å²) in [4.78, 5) is 35.4. The second kappa shape index (κ2) is 9.36. The third-order valence-electron chi connectivity index (χ3n) is 3.13. The third kappa shape index (κ3) is 5.27. The number of carbonyl (C=O) groups is 3. The standard InChI is InChI=1S/C16H22N2O7/c1-6-17-16(21)18-14(19)9(2)25-15(20)10-7-11(22-3)13(24-5)12(8-10)23-4/h7-9H,6H2,1-5H3,(H2,17,18,19,21). The van der Waals surface area contributed by atoms with Gasteiger partial charge < -0.3 is 24.3 Å². The number of rotatable bonds is 7. The lowest BCUT2D eigenvalue weighted by molar-refractivity contribution is -0.127. The van der Waals surface area contributed by atoms with Crippen molar-refractivity contribution in [2.45, 2.75) is 20.0 Å². The van der Waals surface area contributed by atoms with Crippen molar-refractivity contribution in [1.82, 2.24) is 10.6 Å². The molecule has 9 nitrogen and oxygen atoms in total. The molecule has 1 atom stereocenters. The minimum atomic E-state index is -1.17. The van der Waals surface area contributed by atoms with Crippen LogP contribution in [0, 0.1) is 0 Å². The fraction of sp³-hybridized carbons (Fsp3) is 0.438. The Bertz CT molecular complexity index is 620.